The van der Waals surface area contributed by atoms with Crippen LogP contribution in [0, 0.1) is 12.3 Å². The molecule has 0 saturated heterocycles. The van der Waals surface area contributed by atoms with Crippen LogP contribution in [0.3, 0.4) is 0 Å². The molecule has 0 amide bonds. The minimum atomic E-state index is -2.48. The Morgan fingerprint density at radius 2 is 1.29 bits per heavy atom. The third kappa shape index (κ3) is 5.88. The second-order valence-corrected chi connectivity index (χ2v) is 10.0. The summed E-state index contributed by atoms with van der Waals surface area (Å²) in [6, 6.07) is 26.3. The predicted molar refractivity (Wildman–Crippen MR) is 147 cm³/mol. The summed E-state index contributed by atoms with van der Waals surface area (Å²) in [6.45, 7) is 7.60. The lowest BCUT2D eigenvalue weighted by Crippen LogP contribution is -2.28. The van der Waals surface area contributed by atoms with Crippen molar-refractivity contribution >= 4 is 11.8 Å². The van der Waals surface area contributed by atoms with Crippen molar-refractivity contribution in [2.75, 3.05) is 0 Å². The van der Waals surface area contributed by atoms with Crippen molar-refractivity contribution in [2.45, 2.75) is 40.5 Å². The second kappa shape index (κ2) is 11.1. The number of carbonyl (C=O) groups excluding carboxylic acids is 2. The first-order valence-electron chi connectivity index (χ1n) is 12.6. The van der Waals surface area contributed by atoms with Crippen LogP contribution >= 0.6 is 0 Å². The van der Waals surface area contributed by atoms with Gasteiger partial charge < -0.3 is 4.74 Å². The van der Waals surface area contributed by atoms with Crippen LogP contribution in [0.15, 0.2) is 91.0 Å². The summed E-state index contributed by atoms with van der Waals surface area (Å²) in [5.41, 5.74) is 5.34. The average Bonchev–Trinajstić information content (AvgIpc) is 2.93. The van der Waals surface area contributed by atoms with Crippen molar-refractivity contribution < 1.29 is 23.1 Å². The van der Waals surface area contributed by atoms with Gasteiger partial charge in [-0.05, 0) is 79.3 Å². The predicted octanol–water partition coefficient (Wildman–Crippen LogP) is 8.84. The third-order valence-electron chi connectivity index (χ3n) is 6.94. The Morgan fingerprint density at radius 3 is 1.82 bits per heavy atom. The van der Waals surface area contributed by atoms with Gasteiger partial charge in [0, 0.05) is 16.7 Å². The zero-order chi connectivity index (χ0) is 27.4. The molecule has 38 heavy (non-hydrogen) atoms. The van der Waals surface area contributed by atoms with Gasteiger partial charge in [-0.15, -0.1) is 0 Å². The monoisotopic (exact) mass is 512 g/mol. The SMILES string of the molecule is CCC(C)(C)C(=O)Oc1ccc(C(=O)c2ccc(-c3ccc(-c4ccc(C(F)F)cc4)c(C)c3)cc2)cc1. The Balaban J connectivity index is 1.47. The highest BCUT2D eigenvalue weighted by molar-refractivity contribution is 6.09. The Labute approximate surface area is 222 Å². The molecule has 0 aromatic heterocycles. The molecule has 0 atom stereocenters. The molecule has 0 bridgehead atoms. The number of benzene rings is 4. The number of aryl methyl sites for hydroxylation is 1. The van der Waals surface area contributed by atoms with Gasteiger partial charge in [0.25, 0.3) is 6.43 Å². The van der Waals surface area contributed by atoms with Gasteiger partial charge in [-0.1, -0.05) is 73.7 Å². The summed E-state index contributed by atoms with van der Waals surface area (Å²) in [7, 11) is 0. The Bertz CT molecular complexity index is 1440. The molecule has 194 valence electrons. The summed E-state index contributed by atoms with van der Waals surface area (Å²) in [6.07, 6.45) is -1.82. The highest BCUT2D eigenvalue weighted by Gasteiger charge is 2.27. The van der Waals surface area contributed by atoms with Crippen molar-refractivity contribution in [1.82, 2.24) is 0 Å². The van der Waals surface area contributed by atoms with Gasteiger partial charge in [-0.25, -0.2) is 8.78 Å². The maximum absolute atomic E-state index is 13.0. The summed E-state index contributed by atoms with van der Waals surface area (Å²) in [4.78, 5) is 25.3. The molecule has 5 heteroatoms. The summed E-state index contributed by atoms with van der Waals surface area (Å²) >= 11 is 0. The van der Waals surface area contributed by atoms with Crippen LogP contribution in [0.2, 0.25) is 0 Å². The Hall–Kier alpha value is -4.12. The van der Waals surface area contributed by atoms with Crippen LogP contribution in [0.4, 0.5) is 8.78 Å². The molecule has 4 rings (SSSR count). The van der Waals surface area contributed by atoms with E-state index in [-0.39, 0.29) is 17.3 Å². The van der Waals surface area contributed by atoms with Crippen molar-refractivity contribution in [3.05, 3.63) is 113 Å². The minimum absolute atomic E-state index is 0.00746. The van der Waals surface area contributed by atoms with E-state index < -0.39 is 11.8 Å². The van der Waals surface area contributed by atoms with Crippen molar-refractivity contribution in [3.8, 4) is 28.0 Å². The normalized spacial score (nSPS) is 11.4. The molecule has 0 fully saturated rings. The molecular formula is C33H30F2O3. The zero-order valence-corrected chi connectivity index (χ0v) is 21.9. The van der Waals surface area contributed by atoms with Crippen molar-refractivity contribution in [1.29, 1.82) is 0 Å². The highest BCUT2D eigenvalue weighted by Crippen LogP contribution is 2.31. The molecular weight excluding hydrogens is 482 g/mol. The number of halogens is 2. The van der Waals surface area contributed by atoms with Gasteiger partial charge in [0.1, 0.15) is 5.75 Å². The smallest absolute Gasteiger partial charge is 0.316 e. The third-order valence-corrected chi connectivity index (χ3v) is 6.94. The van der Waals surface area contributed by atoms with Crippen LogP contribution < -0.4 is 4.74 Å². The lowest BCUT2D eigenvalue weighted by atomic mass is 9.91. The first-order chi connectivity index (χ1) is 18.1. The lowest BCUT2D eigenvalue weighted by Gasteiger charge is -2.20. The lowest BCUT2D eigenvalue weighted by molar-refractivity contribution is -0.144. The molecule has 0 radical (unpaired) electrons. The van der Waals surface area contributed by atoms with E-state index in [1.54, 1.807) is 48.5 Å². The Morgan fingerprint density at radius 1 is 0.763 bits per heavy atom. The highest BCUT2D eigenvalue weighted by atomic mass is 19.3. The number of rotatable bonds is 8. The van der Waals surface area contributed by atoms with Crippen LogP contribution in [-0.4, -0.2) is 11.8 Å². The first kappa shape index (κ1) is 26.9. The molecule has 0 saturated carbocycles. The van der Waals surface area contributed by atoms with Crippen molar-refractivity contribution in [2.24, 2.45) is 5.41 Å². The van der Waals surface area contributed by atoms with Crippen LogP contribution in [-0.2, 0) is 4.79 Å². The van der Waals surface area contributed by atoms with Crippen molar-refractivity contribution in [3.63, 3.8) is 0 Å². The summed E-state index contributed by atoms with van der Waals surface area (Å²) in [5.74, 6) is -0.0168. The van der Waals surface area contributed by atoms with Gasteiger partial charge in [0.2, 0.25) is 0 Å². The summed E-state index contributed by atoms with van der Waals surface area (Å²) in [5, 5.41) is 0. The van der Waals surface area contributed by atoms with Gasteiger partial charge in [-0.3, -0.25) is 9.59 Å². The number of ketones is 1. The average molecular weight is 513 g/mol. The fraction of sp³-hybridized carbons (Fsp3) is 0.212. The maximum atomic E-state index is 13.0. The van der Waals surface area contributed by atoms with Gasteiger partial charge >= 0.3 is 5.97 Å². The fourth-order valence-electron chi connectivity index (χ4n) is 4.02. The molecule has 0 aliphatic rings. The van der Waals surface area contributed by atoms with E-state index in [1.165, 1.54) is 12.1 Å². The topological polar surface area (TPSA) is 43.4 Å². The number of ether oxygens (including phenoxy) is 1. The fourth-order valence-corrected chi connectivity index (χ4v) is 4.02. The van der Waals surface area contributed by atoms with Crippen LogP contribution in [0.25, 0.3) is 22.3 Å². The molecule has 0 aliphatic carbocycles. The van der Waals surface area contributed by atoms with Crippen LogP contribution in [0.1, 0.15) is 60.7 Å². The Kier molecular flexibility index (Phi) is 7.86. The van der Waals surface area contributed by atoms with E-state index in [4.69, 9.17) is 4.74 Å². The minimum Gasteiger partial charge on any atom is -0.426 e. The van der Waals surface area contributed by atoms with E-state index in [0.29, 0.717) is 23.3 Å². The maximum Gasteiger partial charge on any atom is 0.316 e. The number of esters is 1. The molecule has 0 N–H and O–H groups in total. The molecule has 3 nitrogen and oxygen atoms in total. The number of alkyl halides is 2. The van der Waals surface area contributed by atoms with E-state index in [9.17, 15) is 18.4 Å². The van der Waals surface area contributed by atoms with Gasteiger partial charge in [0.15, 0.2) is 5.78 Å². The summed E-state index contributed by atoms with van der Waals surface area (Å²) < 4.78 is 31.2. The van der Waals surface area contributed by atoms with E-state index >= 15 is 0 Å². The molecule has 4 aromatic rings. The van der Waals surface area contributed by atoms with Gasteiger partial charge in [-0.2, -0.15) is 0 Å². The van der Waals surface area contributed by atoms with E-state index in [2.05, 4.69) is 0 Å². The van der Waals surface area contributed by atoms with E-state index in [0.717, 1.165) is 27.8 Å². The second-order valence-electron chi connectivity index (χ2n) is 10.0. The number of carbonyl (C=O) groups is 2. The quantitative estimate of drug-likeness (QED) is 0.135. The standard InChI is InChI=1S/C33H30F2O3/c1-5-33(3,4)32(37)38-28-17-14-25(15-18-28)30(36)24-10-6-22(7-11-24)27-16-19-29(21(2)20-27)23-8-12-26(13-9-23)31(34)35/h6-20,31H,5H2,1-4H3. The first-order valence-corrected chi connectivity index (χ1v) is 12.6. The molecule has 0 unspecified atom stereocenters. The van der Waals surface area contributed by atoms with Gasteiger partial charge in [0.05, 0.1) is 5.41 Å². The van der Waals surface area contributed by atoms with E-state index in [1.807, 2.05) is 58.0 Å². The zero-order valence-electron chi connectivity index (χ0n) is 21.9. The van der Waals surface area contributed by atoms with Crippen LogP contribution in [0.5, 0.6) is 5.75 Å². The molecule has 0 spiro atoms. The molecule has 0 aliphatic heterocycles. The molecule has 0 heterocycles. The molecule has 4 aromatic carbocycles. The number of hydrogen-bond donors (Lipinski definition) is 0. The number of hydrogen-bond acceptors (Lipinski definition) is 3. The largest absolute Gasteiger partial charge is 0.426 e.